The molecular formula is C11H20N2O2. The first kappa shape index (κ1) is 12.2. The second-order valence-corrected chi connectivity index (χ2v) is 4.45. The topological polar surface area (TPSA) is 68.3 Å². The molecule has 1 aromatic heterocycles. The van der Waals surface area contributed by atoms with Crippen LogP contribution in [0, 0.1) is 0 Å². The van der Waals surface area contributed by atoms with Crippen LogP contribution in [0.2, 0.25) is 0 Å². The molecule has 0 saturated carbocycles. The van der Waals surface area contributed by atoms with E-state index in [0.29, 0.717) is 6.54 Å². The Bertz CT molecular complexity index is 270. The van der Waals surface area contributed by atoms with E-state index in [2.05, 4.69) is 24.1 Å². The molecule has 0 saturated heterocycles. The Morgan fingerprint density at radius 2 is 2.27 bits per heavy atom. The number of aliphatic hydroxyl groups is 2. The molecule has 0 radical (unpaired) electrons. The number of hydrogen-bond acceptors (Lipinski definition) is 3. The third-order valence-electron chi connectivity index (χ3n) is 2.54. The van der Waals surface area contributed by atoms with Crippen LogP contribution in [0.1, 0.15) is 19.4 Å². The van der Waals surface area contributed by atoms with Crippen molar-refractivity contribution in [3.05, 3.63) is 24.0 Å². The van der Waals surface area contributed by atoms with Gasteiger partial charge in [-0.05, 0) is 11.6 Å². The number of nitrogens with one attached hydrogen (secondary N) is 2. The van der Waals surface area contributed by atoms with Crippen molar-refractivity contribution >= 4 is 0 Å². The van der Waals surface area contributed by atoms with Gasteiger partial charge in [0, 0.05) is 30.9 Å². The first-order valence-electron chi connectivity index (χ1n) is 5.19. The Labute approximate surface area is 90.3 Å². The van der Waals surface area contributed by atoms with Crippen molar-refractivity contribution < 1.29 is 10.2 Å². The molecule has 0 fully saturated rings. The molecule has 1 aromatic rings. The van der Waals surface area contributed by atoms with Crippen LogP contribution >= 0.6 is 0 Å². The molecule has 86 valence electrons. The average molecular weight is 212 g/mol. The van der Waals surface area contributed by atoms with Crippen molar-refractivity contribution in [1.82, 2.24) is 10.3 Å². The van der Waals surface area contributed by atoms with Gasteiger partial charge in [-0.25, -0.2) is 0 Å². The minimum Gasteiger partial charge on any atom is -0.394 e. The number of aromatic amines is 1. The molecule has 0 bridgehead atoms. The SMILES string of the molecule is CC(C)(CNCC(O)CO)c1cc[nH]c1. The molecule has 1 rings (SSSR count). The van der Waals surface area contributed by atoms with Gasteiger partial charge in [-0.3, -0.25) is 0 Å². The van der Waals surface area contributed by atoms with E-state index < -0.39 is 6.10 Å². The van der Waals surface area contributed by atoms with E-state index in [0.717, 1.165) is 6.54 Å². The van der Waals surface area contributed by atoms with Crippen LogP contribution in [0.5, 0.6) is 0 Å². The Morgan fingerprint density at radius 1 is 1.53 bits per heavy atom. The number of aromatic nitrogens is 1. The maximum Gasteiger partial charge on any atom is 0.0894 e. The lowest BCUT2D eigenvalue weighted by Crippen LogP contribution is -2.38. The van der Waals surface area contributed by atoms with Crippen LogP contribution in [-0.2, 0) is 5.41 Å². The minimum atomic E-state index is -0.674. The van der Waals surface area contributed by atoms with E-state index in [1.54, 1.807) is 0 Å². The van der Waals surface area contributed by atoms with E-state index in [-0.39, 0.29) is 12.0 Å². The first-order chi connectivity index (χ1) is 7.06. The third kappa shape index (κ3) is 3.66. The Hall–Kier alpha value is -0.840. The molecule has 1 atom stereocenters. The highest BCUT2D eigenvalue weighted by Gasteiger charge is 2.20. The summed E-state index contributed by atoms with van der Waals surface area (Å²) in [4.78, 5) is 3.03. The van der Waals surface area contributed by atoms with Crippen molar-refractivity contribution in [2.75, 3.05) is 19.7 Å². The second-order valence-electron chi connectivity index (χ2n) is 4.45. The molecular weight excluding hydrogens is 192 g/mol. The van der Waals surface area contributed by atoms with Crippen LogP contribution in [0.4, 0.5) is 0 Å². The highest BCUT2D eigenvalue weighted by atomic mass is 16.3. The van der Waals surface area contributed by atoms with Crippen LogP contribution in [0.25, 0.3) is 0 Å². The van der Waals surface area contributed by atoms with Crippen molar-refractivity contribution in [1.29, 1.82) is 0 Å². The summed E-state index contributed by atoms with van der Waals surface area (Å²) in [5, 5.41) is 21.0. The summed E-state index contributed by atoms with van der Waals surface area (Å²) < 4.78 is 0. The summed E-state index contributed by atoms with van der Waals surface area (Å²) in [6, 6.07) is 2.05. The highest BCUT2D eigenvalue weighted by Crippen LogP contribution is 2.21. The van der Waals surface area contributed by atoms with Crippen LogP contribution in [-0.4, -0.2) is 41.0 Å². The van der Waals surface area contributed by atoms with Crippen molar-refractivity contribution in [3.8, 4) is 0 Å². The highest BCUT2D eigenvalue weighted by molar-refractivity contribution is 5.20. The molecule has 4 nitrogen and oxygen atoms in total. The predicted molar refractivity (Wildman–Crippen MR) is 59.8 cm³/mol. The zero-order chi connectivity index (χ0) is 11.3. The zero-order valence-electron chi connectivity index (χ0n) is 9.33. The van der Waals surface area contributed by atoms with Crippen molar-refractivity contribution in [2.24, 2.45) is 0 Å². The van der Waals surface area contributed by atoms with Crippen molar-refractivity contribution in [3.63, 3.8) is 0 Å². The van der Waals surface area contributed by atoms with Gasteiger partial charge in [0.15, 0.2) is 0 Å². The van der Waals surface area contributed by atoms with E-state index in [1.165, 1.54) is 5.56 Å². The van der Waals surface area contributed by atoms with Gasteiger partial charge in [-0.15, -0.1) is 0 Å². The van der Waals surface area contributed by atoms with Crippen molar-refractivity contribution in [2.45, 2.75) is 25.4 Å². The maximum atomic E-state index is 9.17. The fourth-order valence-corrected chi connectivity index (χ4v) is 1.46. The Balaban J connectivity index is 2.37. The molecule has 4 N–H and O–H groups in total. The largest absolute Gasteiger partial charge is 0.394 e. The lowest BCUT2D eigenvalue weighted by molar-refractivity contribution is 0.0934. The smallest absolute Gasteiger partial charge is 0.0894 e. The van der Waals surface area contributed by atoms with Gasteiger partial charge >= 0.3 is 0 Å². The number of H-pyrrole nitrogens is 1. The Morgan fingerprint density at radius 3 is 2.80 bits per heavy atom. The molecule has 4 heteroatoms. The molecule has 0 aromatic carbocycles. The van der Waals surface area contributed by atoms with Gasteiger partial charge in [0.1, 0.15) is 0 Å². The van der Waals surface area contributed by atoms with Gasteiger partial charge in [0.05, 0.1) is 12.7 Å². The fraction of sp³-hybridized carbons (Fsp3) is 0.636. The zero-order valence-corrected chi connectivity index (χ0v) is 9.33. The lowest BCUT2D eigenvalue weighted by atomic mass is 9.86. The molecule has 0 aliphatic heterocycles. The molecule has 1 unspecified atom stereocenters. The summed E-state index contributed by atoms with van der Waals surface area (Å²) in [6.45, 7) is 5.26. The fourth-order valence-electron chi connectivity index (χ4n) is 1.46. The summed E-state index contributed by atoms with van der Waals surface area (Å²) >= 11 is 0. The Kier molecular flexibility index (Phi) is 4.32. The van der Waals surface area contributed by atoms with Gasteiger partial charge < -0.3 is 20.5 Å². The minimum absolute atomic E-state index is 0.0230. The lowest BCUT2D eigenvalue weighted by Gasteiger charge is -2.24. The van der Waals surface area contributed by atoms with Gasteiger partial charge in [0.2, 0.25) is 0 Å². The number of hydrogen-bond donors (Lipinski definition) is 4. The third-order valence-corrected chi connectivity index (χ3v) is 2.54. The summed E-state index contributed by atoms with van der Waals surface area (Å²) in [6.07, 6.45) is 3.20. The first-order valence-corrected chi connectivity index (χ1v) is 5.19. The van der Waals surface area contributed by atoms with Gasteiger partial charge in [0.25, 0.3) is 0 Å². The molecule has 0 spiro atoms. The molecule has 15 heavy (non-hydrogen) atoms. The summed E-state index contributed by atoms with van der Waals surface area (Å²) in [5.74, 6) is 0. The second kappa shape index (κ2) is 5.30. The molecule has 0 aliphatic rings. The summed E-state index contributed by atoms with van der Waals surface area (Å²) in [5.41, 5.74) is 1.25. The van der Waals surface area contributed by atoms with E-state index in [9.17, 15) is 0 Å². The van der Waals surface area contributed by atoms with Crippen LogP contribution in [0.15, 0.2) is 18.5 Å². The van der Waals surface area contributed by atoms with Gasteiger partial charge in [-0.2, -0.15) is 0 Å². The average Bonchev–Trinajstić information content (AvgIpc) is 2.70. The predicted octanol–water partition coefficient (Wildman–Crippen LogP) is 0.235. The quantitative estimate of drug-likeness (QED) is 0.546. The molecule has 1 heterocycles. The monoisotopic (exact) mass is 212 g/mol. The standard InChI is InChI=1S/C11H20N2O2/c1-11(2,9-3-4-12-5-9)8-13-6-10(15)7-14/h3-5,10,12-15H,6-8H2,1-2H3. The summed E-state index contributed by atoms with van der Waals surface area (Å²) in [7, 11) is 0. The van der Waals surface area contributed by atoms with Crippen LogP contribution < -0.4 is 5.32 Å². The normalized spacial score (nSPS) is 14.1. The molecule has 0 amide bonds. The molecule has 0 aliphatic carbocycles. The van der Waals surface area contributed by atoms with E-state index in [4.69, 9.17) is 10.2 Å². The number of aliphatic hydroxyl groups excluding tert-OH is 2. The van der Waals surface area contributed by atoms with Gasteiger partial charge in [-0.1, -0.05) is 13.8 Å². The number of rotatable bonds is 6. The maximum absolute atomic E-state index is 9.17. The van der Waals surface area contributed by atoms with E-state index >= 15 is 0 Å². The van der Waals surface area contributed by atoms with Crippen LogP contribution in [0.3, 0.4) is 0 Å². The van der Waals surface area contributed by atoms with E-state index in [1.807, 2.05) is 18.5 Å².